The molecule has 1 aromatic carbocycles. The smallest absolute Gasteiger partial charge is 0.229 e. The molecule has 4 aromatic rings. The third-order valence-corrected chi connectivity index (χ3v) is 3.95. The van der Waals surface area contributed by atoms with E-state index in [0.717, 1.165) is 5.56 Å². The van der Waals surface area contributed by atoms with Gasteiger partial charge in [-0.25, -0.2) is 14.4 Å². The molecule has 0 amide bonds. The van der Waals surface area contributed by atoms with Gasteiger partial charge < -0.3 is 15.0 Å². The molecule has 4 rings (SSSR count). The Kier molecular flexibility index (Phi) is 4.02. The van der Waals surface area contributed by atoms with Crippen molar-refractivity contribution in [2.24, 2.45) is 7.05 Å². The summed E-state index contributed by atoms with van der Waals surface area (Å²) in [6.07, 6.45) is 3.26. The summed E-state index contributed by atoms with van der Waals surface area (Å²) in [6, 6.07) is 9.57. The lowest BCUT2D eigenvalue weighted by molar-refractivity contribution is 0.277. The molecule has 0 unspecified atom stereocenters. The minimum absolute atomic E-state index is 0.136. The van der Waals surface area contributed by atoms with Crippen LogP contribution in [0.5, 0.6) is 0 Å². The first-order valence-electron chi connectivity index (χ1n) is 7.92. The van der Waals surface area contributed by atoms with Crippen LogP contribution in [0.15, 0.2) is 48.8 Å². The first kappa shape index (κ1) is 16.1. The Morgan fingerprint density at radius 1 is 1.12 bits per heavy atom. The summed E-state index contributed by atoms with van der Waals surface area (Å²) in [5.74, 6) is 0.789. The molecular formula is C18H15FN6O. The third-order valence-electron chi connectivity index (χ3n) is 3.95. The number of anilines is 2. The quantitative estimate of drug-likeness (QED) is 0.588. The molecule has 26 heavy (non-hydrogen) atoms. The van der Waals surface area contributed by atoms with Crippen molar-refractivity contribution in [1.29, 1.82) is 0 Å². The highest BCUT2D eigenvalue weighted by atomic mass is 19.1. The van der Waals surface area contributed by atoms with Crippen molar-refractivity contribution in [2.45, 2.75) is 6.61 Å². The SMILES string of the molecule is Cn1c(-c2ccnc(CO)c2)nc2cnc(Nc3ccc(F)cc3)nc21. The highest BCUT2D eigenvalue weighted by Gasteiger charge is 2.13. The number of aliphatic hydroxyl groups is 1. The summed E-state index contributed by atoms with van der Waals surface area (Å²) in [6.45, 7) is -0.136. The topological polar surface area (TPSA) is 88.8 Å². The Morgan fingerprint density at radius 2 is 1.92 bits per heavy atom. The number of aromatic nitrogens is 5. The molecule has 8 heteroatoms. The van der Waals surface area contributed by atoms with Crippen LogP contribution >= 0.6 is 0 Å². The molecule has 0 fully saturated rings. The van der Waals surface area contributed by atoms with E-state index in [1.165, 1.54) is 12.1 Å². The summed E-state index contributed by atoms with van der Waals surface area (Å²) >= 11 is 0. The van der Waals surface area contributed by atoms with Gasteiger partial charge in [-0.3, -0.25) is 4.98 Å². The second-order valence-electron chi connectivity index (χ2n) is 5.72. The molecule has 0 aliphatic carbocycles. The first-order valence-corrected chi connectivity index (χ1v) is 7.92. The number of nitrogens with one attached hydrogen (secondary N) is 1. The van der Waals surface area contributed by atoms with Gasteiger partial charge in [-0.1, -0.05) is 0 Å². The number of nitrogens with zero attached hydrogens (tertiary/aromatic N) is 5. The Hall–Kier alpha value is -3.39. The molecule has 0 atom stereocenters. The van der Waals surface area contributed by atoms with E-state index >= 15 is 0 Å². The zero-order valence-electron chi connectivity index (χ0n) is 13.9. The highest BCUT2D eigenvalue weighted by molar-refractivity contribution is 5.77. The largest absolute Gasteiger partial charge is 0.390 e. The van der Waals surface area contributed by atoms with E-state index in [-0.39, 0.29) is 12.4 Å². The van der Waals surface area contributed by atoms with Gasteiger partial charge in [0.05, 0.1) is 18.5 Å². The minimum Gasteiger partial charge on any atom is -0.390 e. The first-order chi connectivity index (χ1) is 12.6. The minimum atomic E-state index is -0.303. The molecule has 0 aliphatic rings. The monoisotopic (exact) mass is 350 g/mol. The Morgan fingerprint density at radius 3 is 2.69 bits per heavy atom. The van der Waals surface area contributed by atoms with Gasteiger partial charge in [0.15, 0.2) is 5.65 Å². The molecule has 130 valence electrons. The number of fused-ring (bicyclic) bond motifs is 1. The van der Waals surface area contributed by atoms with Crippen molar-refractivity contribution in [3.63, 3.8) is 0 Å². The number of hydrogen-bond acceptors (Lipinski definition) is 6. The van der Waals surface area contributed by atoms with Crippen LogP contribution < -0.4 is 5.32 Å². The fourth-order valence-corrected chi connectivity index (χ4v) is 2.67. The van der Waals surface area contributed by atoms with Crippen LogP contribution in [0.4, 0.5) is 16.0 Å². The van der Waals surface area contributed by atoms with E-state index in [9.17, 15) is 9.50 Å². The summed E-state index contributed by atoms with van der Waals surface area (Å²) in [4.78, 5) is 17.4. The van der Waals surface area contributed by atoms with E-state index in [1.54, 1.807) is 30.6 Å². The van der Waals surface area contributed by atoms with Gasteiger partial charge in [0.1, 0.15) is 17.2 Å². The average Bonchev–Trinajstić information content (AvgIpc) is 3.00. The van der Waals surface area contributed by atoms with Crippen molar-refractivity contribution >= 4 is 22.8 Å². The van der Waals surface area contributed by atoms with Crippen molar-refractivity contribution < 1.29 is 9.50 Å². The van der Waals surface area contributed by atoms with Gasteiger partial charge in [-0.2, -0.15) is 4.98 Å². The second-order valence-corrected chi connectivity index (χ2v) is 5.72. The fraction of sp³-hybridized carbons (Fsp3) is 0.111. The lowest BCUT2D eigenvalue weighted by Crippen LogP contribution is -1.99. The number of imidazole rings is 1. The molecule has 3 aromatic heterocycles. The maximum atomic E-state index is 13.0. The maximum absolute atomic E-state index is 13.0. The van der Waals surface area contributed by atoms with Crippen LogP contribution in [0.3, 0.4) is 0 Å². The molecule has 0 saturated heterocycles. The van der Waals surface area contributed by atoms with Gasteiger partial charge in [-0.15, -0.1) is 0 Å². The number of halogens is 1. The van der Waals surface area contributed by atoms with Crippen LogP contribution in [0, 0.1) is 5.82 Å². The predicted octanol–water partition coefficient (Wildman–Crippen LogP) is 2.80. The summed E-state index contributed by atoms with van der Waals surface area (Å²) in [5.41, 5.74) is 3.39. The van der Waals surface area contributed by atoms with Gasteiger partial charge in [-0.05, 0) is 36.4 Å². The van der Waals surface area contributed by atoms with Gasteiger partial charge in [0, 0.05) is 24.5 Å². The Bertz CT molecular complexity index is 1080. The normalized spacial score (nSPS) is 11.0. The van der Waals surface area contributed by atoms with Gasteiger partial charge in [0.25, 0.3) is 0 Å². The summed E-state index contributed by atoms with van der Waals surface area (Å²) in [7, 11) is 1.86. The fourth-order valence-electron chi connectivity index (χ4n) is 2.67. The van der Waals surface area contributed by atoms with E-state index in [2.05, 4.69) is 25.3 Å². The number of rotatable bonds is 4. The molecular weight excluding hydrogens is 335 g/mol. The van der Waals surface area contributed by atoms with Crippen LogP contribution in [0.25, 0.3) is 22.6 Å². The van der Waals surface area contributed by atoms with Gasteiger partial charge >= 0.3 is 0 Å². The van der Waals surface area contributed by atoms with Crippen molar-refractivity contribution in [3.05, 3.63) is 60.3 Å². The molecule has 0 bridgehead atoms. The van der Waals surface area contributed by atoms with Crippen LogP contribution in [0.1, 0.15) is 5.69 Å². The highest BCUT2D eigenvalue weighted by Crippen LogP contribution is 2.24. The molecule has 0 spiro atoms. The average molecular weight is 350 g/mol. The van der Waals surface area contributed by atoms with Crippen LogP contribution in [-0.4, -0.2) is 29.6 Å². The zero-order chi connectivity index (χ0) is 18.1. The molecule has 2 N–H and O–H groups in total. The van der Waals surface area contributed by atoms with E-state index < -0.39 is 0 Å². The molecule has 0 radical (unpaired) electrons. The Balaban J connectivity index is 1.72. The number of hydrogen-bond donors (Lipinski definition) is 2. The van der Waals surface area contributed by atoms with Gasteiger partial charge in [0.2, 0.25) is 5.95 Å². The maximum Gasteiger partial charge on any atom is 0.229 e. The molecule has 7 nitrogen and oxygen atoms in total. The number of benzene rings is 1. The van der Waals surface area contributed by atoms with E-state index in [4.69, 9.17) is 0 Å². The lowest BCUT2D eigenvalue weighted by atomic mass is 10.2. The Labute approximate surface area is 148 Å². The van der Waals surface area contributed by atoms with E-state index in [1.807, 2.05) is 17.7 Å². The second kappa shape index (κ2) is 6.49. The third kappa shape index (κ3) is 2.98. The number of pyridine rings is 1. The van der Waals surface area contributed by atoms with Crippen molar-refractivity contribution in [1.82, 2.24) is 24.5 Å². The summed E-state index contributed by atoms with van der Waals surface area (Å²) < 4.78 is 14.9. The standard InChI is InChI=1S/C18H15FN6O/c1-25-16(11-6-7-20-14(8-11)10-26)23-15-9-21-18(24-17(15)25)22-13-4-2-12(19)3-5-13/h2-9,26H,10H2,1H3,(H,21,22,24). The summed E-state index contributed by atoms with van der Waals surface area (Å²) in [5, 5.41) is 12.3. The predicted molar refractivity (Wildman–Crippen MR) is 95.1 cm³/mol. The number of aryl methyl sites for hydroxylation is 1. The zero-order valence-corrected chi connectivity index (χ0v) is 13.9. The van der Waals surface area contributed by atoms with Crippen LogP contribution in [-0.2, 0) is 13.7 Å². The van der Waals surface area contributed by atoms with Crippen LogP contribution in [0.2, 0.25) is 0 Å². The number of aliphatic hydroxyl groups excluding tert-OH is 1. The van der Waals surface area contributed by atoms with Crippen molar-refractivity contribution in [3.8, 4) is 11.4 Å². The van der Waals surface area contributed by atoms with Crippen molar-refractivity contribution in [2.75, 3.05) is 5.32 Å². The molecule has 3 heterocycles. The van der Waals surface area contributed by atoms with E-state index in [0.29, 0.717) is 34.3 Å². The lowest BCUT2D eigenvalue weighted by Gasteiger charge is -2.05. The molecule has 0 saturated carbocycles. The molecule has 0 aliphatic heterocycles.